The lowest BCUT2D eigenvalue weighted by Gasteiger charge is -2.34. The van der Waals surface area contributed by atoms with Gasteiger partial charge in [0.1, 0.15) is 0 Å². The van der Waals surface area contributed by atoms with E-state index in [0.717, 1.165) is 73.8 Å². The Morgan fingerprint density at radius 3 is 1.93 bits per heavy atom. The Morgan fingerprint density at radius 1 is 0.800 bits per heavy atom. The summed E-state index contributed by atoms with van der Waals surface area (Å²) in [6, 6.07) is 16.3. The summed E-state index contributed by atoms with van der Waals surface area (Å²) in [7, 11) is 0. The average Bonchev–Trinajstić information content (AvgIpc) is 3.08. The predicted octanol–water partition coefficient (Wildman–Crippen LogP) is 4.58. The summed E-state index contributed by atoms with van der Waals surface area (Å²) < 4.78 is 1.89. The molecule has 2 heterocycles. The third-order valence-electron chi connectivity index (χ3n) is 6.01. The Balaban J connectivity index is 0.00000256. The third-order valence-corrected chi connectivity index (χ3v) is 6.01. The minimum atomic E-state index is 0. The predicted molar refractivity (Wildman–Crippen MR) is 124 cm³/mol. The van der Waals surface area contributed by atoms with Crippen molar-refractivity contribution in [2.45, 2.75) is 32.6 Å². The Morgan fingerprint density at radius 2 is 1.37 bits per heavy atom. The van der Waals surface area contributed by atoms with Crippen molar-refractivity contribution in [1.82, 2.24) is 14.4 Å². The van der Waals surface area contributed by atoms with Crippen LogP contribution in [0.5, 0.6) is 0 Å². The molecule has 0 radical (unpaired) electrons. The molecule has 2 aromatic carbocycles. The van der Waals surface area contributed by atoms with Crippen LogP contribution in [0.1, 0.15) is 37.4 Å². The molecular formula is C24H30ClN3O2. The average molecular weight is 428 g/mol. The van der Waals surface area contributed by atoms with Gasteiger partial charge < -0.3 is 4.90 Å². The standard InChI is InChI=1S/C24H29N3O2.ClH/c1-19(28)26-17-15-25(16-18-26)14-8-2-3-13-24(29)27-22-11-6-4-9-20(22)21-10-5-7-12-23(21)27;/h4-7,9-12H,2-3,8,13-18H2,1H3;1H. The number of hydrogen-bond donors (Lipinski definition) is 0. The molecule has 0 spiro atoms. The van der Waals surface area contributed by atoms with E-state index < -0.39 is 0 Å². The van der Waals surface area contributed by atoms with Crippen LogP contribution < -0.4 is 0 Å². The lowest BCUT2D eigenvalue weighted by molar-refractivity contribution is -0.130. The van der Waals surface area contributed by atoms with Crippen LogP contribution in [0.15, 0.2) is 48.5 Å². The maximum absolute atomic E-state index is 13.0. The quantitative estimate of drug-likeness (QED) is 0.541. The molecule has 5 nitrogen and oxygen atoms in total. The van der Waals surface area contributed by atoms with Crippen LogP contribution in [0, 0.1) is 0 Å². The first-order chi connectivity index (χ1) is 14.1. The van der Waals surface area contributed by atoms with Crippen molar-refractivity contribution in [1.29, 1.82) is 0 Å². The van der Waals surface area contributed by atoms with E-state index in [2.05, 4.69) is 17.0 Å². The number of fused-ring (bicyclic) bond motifs is 3. The second-order valence-electron chi connectivity index (χ2n) is 7.92. The van der Waals surface area contributed by atoms with Gasteiger partial charge in [-0.05, 0) is 31.5 Å². The highest BCUT2D eigenvalue weighted by Gasteiger charge is 2.18. The summed E-state index contributed by atoms with van der Waals surface area (Å²) in [5.41, 5.74) is 2.00. The van der Waals surface area contributed by atoms with Crippen LogP contribution in [0.4, 0.5) is 0 Å². The van der Waals surface area contributed by atoms with Gasteiger partial charge in [0.25, 0.3) is 0 Å². The van der Waals surface area contributed by atoms with Gasteiger partial charge >= 0.3 is 0 Å². The van der Waals surface area contributed by atoms with Crippen LogP contribution in [-0.2, 0) is 4.79 Å². The number of hydrogen-bond acceptors (Lipinski definition) is 3. The van der Waals surface area contributed by atoms with Gasteiger partial charge in [-0.2, -0.15) is 0 Å². The van der Waals surface area contributed by atoms with Gasteiger partial charge in [-0.3, -0.25) is 19.1 Å². The molecule has 30 heavy (non-hydrogen) atoms. The first-order valence-electron chi connectivity index (χ1n) is 10.6. The van der Waals surface area contributed by atoms with E-state index in [1.54, 1.807) is 6.92 Å². The van der Waals surface area contributed by atoms with Crippen molar-refractivity contribution in [3.63, 3.8) is 0 Å². The maximum Gasteiger partial charge on any atom is 0.231 e. The summed E-state index contributed by atoms with van der Waals surface area (Å²) in [6.45, 7) is 6.28. The van der Waals surface area contributed by atoms with Gasteiger partial charge in [0, 0.05) is 50.3 Å². The fraction of sp³-hybridized carbons (Fsp3) is 0.417. The molecule has 0 atom stereocenters. The molecular weight excluding hydrogens is 398 g/mol. The van der Waals surface area contributed by atoms with Crippen molar-refractivity contribution in [3.05, 3.63) is 48.5 Å². The molecule has 0 unspecified atom stereocenters. The first-order valence-corrected chi connectivity index (χ1v) is 10.6. The number of unbranched alkanes of at least 4 members (excludes halogenated alkanes) is 2. The third kappa shape index (κ3) is 4.68. The number of rotatable bonds is 6. The first kappa shape index (κ1) is 22.3. The number of halogens is 1. The molecule has 6 heteroatoms. The van der Waals surface area contributed by atoms with E-state index in [1.165, 1.54) is 0 Å². The summed E-state index contributed by atoms with van der Waals surface area (Å²) in [5.74, 6) is 0.352. The molecule has 1 amide bonds. The number of carbonyl (C=O) groups excluding carboxylic acids is 2. The summed E-state index contributed by atoms with van der Waals surface area (Å²) in [6.07, 6.45) is 3.63. The van der Waals surface area contributed by atoms with Gasteiger partial charge in [-0.25, -0.2) is 0 Å². The molecule has 4 rings (SSSR count). The van der Waals surface area contributed by atoms with E-state index in [1.807, 2.05) is 45.9 Å². The van der Waals surface area contributed by atoms with E-state index in [-0.39, 0.29) is 24.2 Å². The van der Waals surface area contributed by atoms with Gasteiger partial charge in [-0.1, -0.05) is 42.8 Å². The zero-order valence-electron chi connectivity index (χ0n) is 17.5. The Bertz CT molecular complexity index is 968. The number of benzene rings is 2. The molecule has 1 aromatic heterocycles. The molecule has 1 aliphatic rings. The summed E-state index contributed by atoms with van der Waals surface area (Å²) >= 11 is 0. The minimum Gasteiger partial charge on any atom is -0.340 e. The van der Waals surface area contributed by atoms with Gasteiger partial charge in [0.05, 0.1) is 11.0 Å². The molecule has 160 valence electrons. The second kappa shape index (κ2) is 10.1. The van der Waals surface area contributed by atoms with Crippen LogP contribution >= 0.6 is 12.4 Å². The van der Waals surface area contributed by atoms with Crippen LogP contribution in [0.2, 0.25) is 0 Å². The second-order valence-corrected chi connectivity index (χ2v) is 7.92. The minimum absolute atomic E-state index is 0. The highest BCUT2D eigenvalue weighted by molar-refractivity contribution is 6.13. The summed E-state index contributed by atoms with van der Waals surface area (Å²) in [4.78, 5) is 28.8. The van der Waals surface area contributed by atoms with E-state index in [4.69, 9.17) is 0 Å². The zero-order chi connectivity index (χ0) is 20.2. The number of piperazine rings is 1. The Hall–Kier alpha value is -2.37. The number of carbonyl (C=O) groups is 2. The summed E-state index contributed by atoms with van der Waals surface area (Å²) in [5, 5.41) is 2.28. The highest BCUT2D eigenvalue weighted by atomic mass is 35.5. The van der Waals surface area contributed by atoms with Crippen molar-refractivity contribution >= 4 is 46.0 Å². The molecule has 3 aromatic rings. The van der Waals surface area contributed by atoms with Gasteiger partial charge in [0.15, 0.2) is 0 Å². The van der Waals surface area contributed by atoms with Gasteiger partial charge in [0.2, 0.25) is 11.8 Å². The van der Waals surface area contributed by atoms with Gasteiger partial charge in [-0.15, -0.1) is 12.4 Å². The van der Waals surface area contributed by atoms with Crippen LogP contribution in [0.3, 0.4) is 0 Å². The molecule has 0 saturated carbocycles. The van der Waals surface area contributed by atoms with E-state index in [9.17, 15) is 9.59 Å². The molecule has 0 aliphatic carbocycles. The largest absolute Gasteiger partial charge is 0.340 e. The fourth-order valence-corrected chi connectivity index (χ4v) is 4.38. The van der Waals surface area contributed by atoms with Crippen molar-refractivity contribution < 1.29 is 9.59 Å². The maximum atomic E-state index is 13.0. The number of aromatic nitrogens is 1. The monoisotopic (exact) mass is 427 g/mol. The van der Waals surface area contributed by atoms with Crippen LogP contribution in [0.25, 0.3) is 21.8 Å². The van der Waals surface area contributed by atoms with E-state index >= 15 is 0 Å². The Kier molecular flexibility index (Phi) is 7.51. The number of para-hydroxylation sites is 2. The smallest absolute Gasteiger partial charge is 0.231 e. The van der Waals surface area contributed by atoms with Crippen molar-refractivity contribution in [2.75, 3.05) is 32.7 Å². The van der Waals surface area contributed by atoms with Crippen molar-refractivity contribution in [2.24, 2.45) is 0 Å². The zero-order valence-corrected chi connectivity index (χ0v) is 18.4. The highest BCUT2D eigenvalue weighted by Crippen LogP contribution is 2.29. The van der Waals surface area contributed by atoms with Crippen molar-refractivity contribution in [3.8, 4) is 0 Å². The molecule has 1 saturated heterocycles. The SMILES string of the molecule is CC(=O)N1CCN(CCCCCC(=O)n2c3ccccc3c3ccccc32)CC1.Cl. The Labute approximate surface area is 184 Å². The molecule has 0 bridgehead atoms. The lowest BCUT2D eigenvalue weighted by atomic mass is 10.1. The number of nitrogens with zero attached hydrogens (tertiary/aromatic N) is 3. The fourth-order valence-electron chi connectivity index (χ4n) is 4.38. The molecule has 1 fully saturated rings. The van der Waals surface area contributed by atoms with E-state index in [0.29, 0.717) is 6.42 Å². The number of amides is 1. The molecule has 0 N–H and O–H groups in total. The lowest BCUT2D eigenvalue weighted by Crippen LogP contribution is -2.48. The molecule has 1 aliphatic heterocycles. The topological polar surface area (TPSA) is 45.6 Å². The normalized spacial score (nSPS) is 14.8. The van der Waals surface area contributed by atoms with Crippen LogP contribution in [-0.4, -0.2) is 58.9 Å².